The number of hydrogen-bond acceptors (Lipinski definition) is 6. The second-order valence-electron chi connectivity index (χ2n) is 8.95. The third kappa shape index (κ3) is 5.06. The van der Waals surface area contributed by atoms with Crippen LogP contribution in [0.2, 0.25) is 10.0 Å². The van der Waals surface area contributed by atoms with E-state index in [9.17, 15) is 9.18 Å². The number of imidazole rings is 1. The number of halogens is 3. The molecule has 198 valence electrons. The summed E-state index contributed by atoms with van der Waals surface area (Å²) in [5, 5.41) is 10.8. The monoisotopic (exact) mass is 588 g/mol. The SMILES string of the molecule is Cc1cc(-c2nc3cccnn3c2-c2ccnc(NC(=O)c3csc(Cc4c(Cl)cccc4Cl)n3)c2)ccc1F. The molecular weight excluding hydrogens is 570 g/mol. The molecule has 11 heteroatoms. The van der Waals surface area contributed by atoms with Gasteiger partial charge < -0.3 is 5.32 Å². The fourth-order valence-corrected chi connectivity index (χ4v) is 5.63. The zero-order valence-corrected chi connectivity index (χ0v) is 23.2. The molecule has 4 heterocycles. The molecule has 1 N–H and O–H groups in total. The van der Waals surface area contributed by atoms with E-state index in [0.717, 1.165) is 16.7 Å². The van der Waals surface area contributed by atoms with Gasteiger partial charge in [-0.3, -0.25) is 4.79 Å². The van der Waals surface area contributed by atoms with Crippen LogP contribution in [0.5, 0.6) is 0 Å². The summed E-state index contributed by atoms with van der Waals surface area (Å²) in [5.41, 5.74) is 4.95. The zero-order valence-electron chi connectivity index (χ0n) is 20.9. The van der Waals surface area contributed by atoms with Crippen molar-refractivity contribution in [1.29, 1.82) is 0 Å². The number of carbonyl (C=O) groups is 1. The second kappa shape index (κ2) is 10.8. The van der Waals surface area contributed by atoms with Crippen LogP contribution in [0.3, 0.4) is 0 Å². The Kier molecular flexibility index (Phi) is 7.02. The number of aromatic nitrogens is 5. The lowest BCUT2D eigenvalue weighted by Crippen LogP contribution is -2.13. The van der Waals surface area contributed by atoms with E-state index < -0.39 is 5.91 Å². The minimum atomic E-state index is -0.400. The number of thiazole rings is 1. The first-order valence-electron chi connectivity index (χ1n) is 12.1. The Labute approximate surface area is 242 Å². The summed E-state index contributed by atoms with van der Waals surface area (Å²) < 4.78 is 15.7. The Morgan fingerprint density at radius 2 is 1.82 bits per heavy atom. The molecule has 4 aromatic heterocycles. The van der Waals surface area contributed by atoms with Crippen molar-refractivity contribution in [1.82, 2.24) is 24.6 Å². The highest BCUT2D eigenvalue weighted by Crippen LogP contribution is 2.34. The van der Waals surface area contributed by atoms with Gasteiger partial charge in [-0.05, 0) is 72.6 Å². The summed E-state index contributed by atoms with van der Waals surface area (Å²) in [5.74, 6) is -0.359. The smallest absolute Gasteiger partial charge is 0.276 e. The first kappa shape index (κ1) is 26.1. The van der Waals surface area contributed by atoms with E-state index in [1.807, 2.05) is 12.1 Å². The van der Waals surface area contributed by atoms with Gasteiger partial charge in [-0.15, -0.1) is 11.3 Å². The van der Waals surface area contributed by atoms with E-state index in [4.69, 9.17) is 28.2 Å². The number of nitrogens with one attached hydrogen (secondary N) is 1. The Hall–Kier alpha value is -4.18. The lowest BCUT2D eigenvalue weighted by atomic mass is 10.0. The Morgan fingerprint density at radius 3 is 2.62 bits per heavy atom. The molecule has 1 amide bonds. The highest BCUT2D eigenvalue weighted by molar-refractivity contribution is 7.09. The summed E-state index contributed by atoms with van der Waals surface area (Å²) in [6, 6.07) is 17.4. The van der Waals surface area contributed by atoms with Gasteiger partial charge in [0.25, 0.3) is 5.91 Å². The molecule has 2 aromatic carbocycles. The molecule has 7 nitrogen and oxygen atoms in total. The van der Waals surface area contributed by atoms with E-state index in [0.29, 0.717) is 49.9 Å². The average Bonchev–Trinajstić information content (AvgIpc) is 3.58. The quantitative estimate of drug-likeness (QED) is 0.217. The van der Waals surface area contributed by atoms with Crippen molar-refractivity contribution in [3.05, 3.63) is 116 Å². The molecule has 0 saturated heterocycles. The van der Waals surface area contributed by atoms with Crippen LogP contribution >= 0.6 is 34.5 Å². The van der Waals surface area contributed by atoms with Crippen LogP contribution in [-0.2, 0) is 6.42 Å². The van der Waals surface area contributed by atoms with Crippen LogP contribution in [0.4, 0.5) is 10.2 Å². The number of amides is 1. The first-order chi connectivity index (χ1) is 19.4. The van der Waals surface area contributed by atoms with Gasteiger partial charge in [0.2, 0.25) is 0 Å². The van der Waals surface area contributed by atoms with Crippen LogP contribution in [0, 0.1) is 12.7 Å². The van der Waals surface area contributed by atoms with Gasteiger partial charge in [-0.25, -0.2) is 23.9 Å². The molecule has 6 aromatic rings. The number of anilines is 1. The van der Waals surface area contributed by atoms with Crippen molar-refractivity contribution < 1.29 is 9.18 Å². The van der Waals surface area contributed by atoms with E-state index in [2.05, 4.69) is 20.4 Å². The number of fused-ring (bicyclic) bond motifs is 1. The summed E-state index contributed by atoms with van der Waals surface area (Å²) >= 11 is 13.9. The maximum Gasteiger partial charge on any atom is 0.276 e. The predicted molar refractivity (Wildman–Crippen MR) is 156 cm³/mol. The van der Waals surface area contributed by atoms with Crippen LogP contribution < -0.4 is 5.32 Å². The second-order valence-corrected chi connectivity index (χ2v) is 10.7. The summed E-state index contributed by atoms with van der Waals surface area (Å²) in [4.78, 5) is 26.6. The number of pyridine rings is 1. The lowest BCUT2D eigenvalue weighted by Gasteiger charge is -2.08. The van der Waals surface area contributed by atoms with Gasteiger partial charge in [-0.2, -0.15) is 5.10 Å². The number of nitrogens with zero attached hydrogens (tertiary/aromatic N) is 5. The maximum atomic E-state index is 14.0. The summed E-state index contributed by atoms with van der Waals surface area (Å²) in [6.07, 6.45) is 3.67. The molecule has 0 bridgehead atoms. The molecule has 0 atom stereocenters. The van der Waals surface area contributed by atoms with Gasteiger partial charge in [0.05, 0.1) is 10.7 Å². The molecule has 0 aliphatic carbocycles. The standard InChI is InChI=1S/C29H19Cl2FN6OS/c1-16-12-17(7-8-22(16)32)27-28(38-25(37-27)6-3-10-34-38)18-9-11-33-24(13-18)36-29(39)23-15-40-26(35-23)14-19-20(30)4-2-5-21(19)31/h2-13,15H,14H2,1H3,(H,33,36,39). The highest BCUT2D eigenvalue weighted by atomic mass is 35.5. The Morgan fingerprint density at radius 1 is 1.00 bits per heavy atom. The van der Waals surface area contributed by atoms with E-state index in [1.165, 1.54) is 17.4 Å². The van der Waals surface area contributed by atoms with Crippen molar-refractivity contribution in [2.24, 2.45) is 0 Å². The largest absolute Gasteiger partial charge is 0.305 e. The molecule has 0 saturated carbocycles. The molecule has 0 fully saturated rings. The fraction of sp³-hybridized carbons (Fsp3) is 0.0690. The van der Waals surface area contributed by atoms with Crippen molar-refractivity contribution >= 4 is 51.9 Å². The number of hydrogen-bond donors (Lipinski definition) is 1. The van der Waals surface area contributed by atoms with Crippen LogP contribution in [0.25, 0.3) is 28.2 Å². The Balaban J connectivity index is 1.30. The van der Waals surface area contributed by atoms with Crippen molar-refractivity contribution in [2.45, 2.75) is 13.3 Å². The average molecular weight is 589 g/mol. The number of rotatable bonds is 6. The molecule has 0 unspecified atom stereocenters. The number of benzene rings is 2. The molecular formula is C29H19Cl2FN6OS. The predicted octanol–water partition coefficient (Wildman–Crippen LogP) is 7.51. The molecule has 0 aliphatic heterocycles. The number of aryl methyl sites for hydroxylation is 1. The topological polar surface area (TPSA) is 85.1 Å². The highest BCUT2D eigenvalue weighted by Gasteiger charge is 2.19. The summed E-state index contributed by atoms with van der Waals surface area (Å²) in [7, 11) is 0. The van der Waals surface area contributed by atoms with Crippen molar-refractivity contribution in [2.75, 3.05) is 5.32 Å². The minimum Gasteiger partial charge on any atom is -0.305 e. The van der Waals surface area contributed by atoms with Crippen molar-refractivity contribution in [3.63, 3.8) is 0 Å². The summed E-state index contributed by atoms with van der Waals surface area (Å²) in [6.45, 7) is 1.71. The molecule has 0 aliphatic rings. The normalized spacial score (nSPS) is 11.2. The third-order valence-corrected chi connectivity index (χ3v) is 7.83. The molecule has 40 heavy (non-hydrogen) atoms. The van der Waals surface area contributed by atoms with E-state index in [1.54, 1.807) is 71.7 Å². The van der Waals surface area contributed by atoms with Crippen molar-refractivity contribution in [3.8, 4) is 22.5 Å². The fourth-order valence-electron chi connectivity index (χ4n) is 4.32. The molecule has 0 spiro atoms. The van der Waals surface area contributed by atoms with Crippen LogP contribution in [0.1, 0.15) is 26.6 Å². The number of carbonyl (C=O) groups excluding carboxylic acids is 1. The van der Waals surface area contributed by atoms with Gasteiger partial charge in [0, 0.05) is 45.4 Å². The lowest BCUT2D eigenvalue weighted by molar-refractivity contribution is 0.102. The van der Waals surface area contributed by atoms with E-state index in [-0.39, 0.29) is 11.5 Å². The minimum absolute atomic E-state index is 0.259. The van der Waals surface area contributed by atoms with Gasteiger partial charge >= 0.3 is 0 Å². The van der Waals surface area contributed by atoms with Gasteiger partial charge in [0.1, 0.15) is 23.0 Å². The first-order valence-corrected chi connectivity index (χ1v) is 13.8. The zero-order chi connectivity index (χ0) is 27.8. The third-order valence-electron chi connectivity index (χ3n) is 6.27. The maximum absolute atomic E-state index is 14.0. The van der Waals surface area contributed by atoms with Gasteiger partial charge in [0.15, 0.2) is 5.65 Å². The van der Waals surface area contributed by atoms with Crippen LogP contribution in [-0.4, -0.2) is 30.5 Å². The molecule has 0 radical (unpaired) electrons. The Bertz CT molecular complexity index is 1880. The van der Waals surface area contributed by atoms with Gasteiger partial charge in [-0.1, -0.05) is 29.3 Å². The van der Waals surface area contributed by atoms with Crippen LogP contribution in [0.15, 0.2) is 78.4 Å². The van der Waals surface area contributed by atoms with E-state index >= 15 is 0 Å². The molecule has 6 rings (SSSR count).